The molecule has 2 aromatic carbocycles. The van der Waals surface area contributed by atoms with Gasteiger partial charge in [0.05, 0.1) is 11.6 Å². The number of benzene rings is 2. The number of fused-ring (bicyclic) bond motifs is 2. The Labute approximate surface area is 149 Å². The minimum atomic E-state index is -2.86. The van der Waals surface area contributed by atoms with Crippen LogP contribution in [-0.2, 0) is 19.6 Å². The second kappa shape index (κ2) is 6.43. The number of rotatable bonds is 4. The summed E-state index contributed by atoms with van der Waals surface area (Å²) in [6, 6.07) is 11.4. The quantitative estimate of drug-likeness (QED) is 0.753. The number of ether oxygens (including phenoxy) is 1. The summed E-state index contributed by atoms with van der Waals surface area (Å²) in [5, 5.41) is 9.95. The van der Waals surface area contributed by atoms with Gasteiger partial charge in [0.25, 0.3) is 0 Å². The number of halogens is 2. The van der Waals surface area contributed by atoms with Gasteiger partial charge in [-0.25, -0.2) is 0 Å². The van der Waals surface area contributed by atoms with Gasteiger partial charge in [0.2, 0.25) is 0 Å². The van der Waals surface area contributed by atoms with Crippen LogP contribution in [0, 0.1) is 18.3 Å². The molecule has 1 aliphatic heterocycles. The molecule has 0 atom stereocenters. The SMILES string of the molecule is Cc1cc(OC(F)F)c(CN2Cc3ccc(C#N)cc3C2)c2cc[nH]c12. The van der Waals surface area contributed by atoms with E-state index >= 15 is 0 Å². The summed E-state index contributed by atoms with van der Waals surface area (Å²) in [6.45, 7) is 0.898. The van der Waals surface area contributed by atoms with Crippen LogP contribution in [0.5, 0.6) is 5.75 Å². The van der Waals surface area contributed by atoms with Crippen molar-refractivity contribution in [2.75, 3.05) is 0 Å². The van der Waals surface area contributed by atoms with Crippen LogP contribution in [0.4, 0.5) is 8.78 Å². The predicted molar refractivity (Wildman–Crippen MR) is 93.8 cm³/mol. The van der Waals surface area contributed by atoms with Crippen molar-refractivity contribution in [3.8, 4) is 11.8 Å². The number of nitrogens with zero attached hydrogens (tertiary/aromatic N) is 2. The minimum Gasteiger partial charge on any atom is -0.434 e. The highest BCUT2D eigenvalue weighted by Gasteiger charge is 2.23. The number of aromatic nitrogens is 1. The van der Waals surface area contributed by atoms with E-state index in [4.69, 9.17) is 10.00 Å². The van der Waals surface area contributed by atoms with Crippen molar-refractivity contribution in [2.45, 2.75) is 33.2 Å². The molecular formula is C20H17F2N3O. The lowest BCUT2D eigenvalue weighted by Crippen LogP contribution is -2.17. The van der Waals surface area contributed by atoms with Gasteiger partial charge in [0.15, 0.2) is 0 Å². The van der Waals surface area contributed by atoms with Gasteiger partial charge in [0, 0.05) is 42.3 Å². The van der Waals surface area contributed by atoms with E-state index in [1.807, 2.05) is 37.4 Å². The fraction of sp³-hybridized carbons (Fsp3) is 0.250. The van der Waals surface area contributed by atoms with E-state index in [1.54, 1.807) is 6.07 Å². The molecule has 4 rings (SSSR count). The molecule has 6 heteroatoms. The summed E-state index contributed by atoms with van der Waals surface area (Å²) >= 11 is 0. The molecule has 132 valence electrons. The third kappa shape index (κ3) is 2.91. The number of alkyl halides is 2. The number of H-pyrrole nitrogens is 1. The number of aryl methyl sites for hydroxylation is 1. The summed E-state index contributed by atoms with van der Waals surface area (Å²) in [5.74, 6) is 0.221. The van der Waals surface area contributed by atoms with E-state index in [0.29, 0.717) is 18.7 Å². The molecule has 0 radical (unpaired) electrons. The zero-order valence-electron chi connectivity index (χ0n) is 14.2. The predicted octanol–water partition coefficient (Wildman–Crippen LogP) is 4.47. The number of aromatic amines is 1. The van der Waals surface area contributed by atoms with Crippen molar-refractivity contribution in [2.24, 2.45) is 0 Å². The van der Waals surface area contributed by atoms with Crippen molar-refractivity contribution in [3.63, 3.8) is 0 Å². The van der Waals surface area contributed by atoms with Crippen LogP contribution in [0.25, 0.3) is 10.9 Å². The third-order valence-electron chi connectivity index (χ3n) is 4.83. The first-order valence-corrected chi connectivity index (χ1v) is 8.34. The second-order valence-electron chi connectivity index (χ2n) is 6.56. The van der Waals surface area contributed by atoms with Crippen molar-refractivity contribution in [1.29, 1.82) is 5.26 Å². The molecule has 0 spiro atoms. The summed E-state index contributed by atoms with van der Waals surface area (Å²) in [5.41, 5.74) is 5.46. The molecule has 26 heavy (non-hydrogen) atoms. The van der Waals surface area contributed by atoms with Crippen LogP contribution in [0.1, 0.15) is 27.8 Å². The average molecular weight is 353 g/mol. The molecule has 1 aliphatic rings. The van der Waals surface area contributed by atoms with Crippen LogP contribution in [0.15, 0.2) is 36.5 Å². The topological polar surface area (TPSA) is 52.0 Å². The Hall–Kier alpha value is -2.91. The third-order valence-corrected chi connectivity index (χ3v) is 4.83. The lowest BCUT2D eigenvalue weighted by Gasteiger charge is -2.19. The highest BCUT2D eigenvalue weighted by Crippen LogP contribution is 2.34. The van der Waals surface area contributed by atoms with Crippen molar-refractivity contribution < 1.29 is 13.5 Å². The Morgan fingerprint density at radius 3 is 2.81 bits per heavy atom. The van der Waals surface area contributed by atoms with Gasteiger partial charge in [0.1, 0.15) is 5.75 Å². The Morgan fingerprint density at radius 1 is 1.23 bits per heavy atom. The summed E-state index contributed by atoms with van der Waals surface area (Å²) in [6.07, 6.45) is 1.81. The molecular weight excluding hydrogens is 336 g/mol. The number of nitriles is 1. The zero-order valence-corrected chi connectivity index (χ0v) is 14.2. The summed E-state index contributed by atoms with van der Waals surface area (Å²) in [4.78, 5) is 5.34. The van der Waals surface area contributed by atoms with E-state index in [0.717, 1.165) is 39.7 Å². The lowest BCUT2D eigenvalue weighted by molar-refractivity contribution is -0.0507. The minimum absolute atomic E-state index is 0.221. The molecule has 0 saturated heterocycles. The summed E-state index contributed by atoms with van der Waals surface area (Å²) in [7, 11) is 0. The fourth-order valence-corrected chi connectivity index (χ4v) is 3.67. The van der Waals surface area contributed by atoms with Gasteiger partial charge in [-0.2, -0.15) is 14.0 Å². The Morgan fingerprint density at radius 2 is 2.04 bits per heavy atom. The molecule has 0 amide bonds. The highest BCUT2D eigenvalue weighted by molar-refractivity contribution is 5.88. The monoisotopic (exact) mass is 353 g/mol. The van der Waals surface area contributed by atoms with Crippen LogP contribution < -0.4 is 4.74 Å². The van der Waals surface area contributed by atoms with Gasteiger partial charge < -0.3 is 9.72 Å². The van der Waals surface area contributed by atoms with E-state index in [9.17, 15) is 8.78 Å². The zero-order chi connectivity index (χ0) is 18.3. The molecule has 2 heterocycles. The maximum absolute atomic E-state index is 12.9. The number of hydrogen-bond acceptors (Lipinski definition) is 3. The second-order valence-corrected chi connectivity index (χ2v) is 6.56. The first-order valence-electron chi connectivity index (χ1n) is 8.34. The molecule has 0 unspecified atom stereocenters. The molecule has 0 fully saturated rings. The average Bonchev–Trinajstić information content (AvgIpc) is 3.23. The van der Waals surface area contributed by atoms with Gasteiger partial charge in [-0.05, 0) is 47.9 Å². The first kappa shape index (κ1) is 16.6. The van der Waals surface area contributed by atoms with Crippen molar-refractivity contribution >= 4 is 10.9 Å². The smallest absolute Gasteiger partial charge is 0.387 e. The lowest BCUT2D eigenvalue weighted by atomic mass is 10.0. The maximum Gasteiger partial charge on any atom is 0.387 e. The van der Waals surface area contributed by atoms with E-state index in [2.05, 4.69) is 16.0 Å². The van der Waals surface area contributed by atoms with E-state index in [1.165, 1.54) is 0 Å². The van der Waals surface area contributed by atoms with E-state index < -0.39 is 6.61 Å². The molecule has 0 aliphatic carbocycles. The maximum atomic E-state index is 12.9. The van der Waals surface area contributed by atoms with Crippen LogP contribution in [0.2, 0.25) is 0 Å². The van der Waals surface area contributed by atoms with Gasteiger partial charge in [-0.15, -0.1) is 0 Å². The highest BCUT2D eigenvalue weighted by atomic mass is 19.3. The molecule has 0 bridgehead atoms. The largest absolute Gasteiger partial charge is 0.434 e. The van der Waals surface area contributed by atoms with Gasteiger partial charge >= 0.3 is 6.61 Å². The fourth-order valence-electron chi connectivity index (χ4n) is 3.67. The normalized spacial score (nSPS) is 14.0. The number of hydrogen-bond donors (Lipinski definition) is 1. The molecule has 1 aromatic heterocycles. The van der Waals surface area contributed by atoms with Crippen molar-refractivity contribution in [1.82, 2.24) is 9.88 Å². The first-order chi connectivity index (χ1) is 12.5. The van der Waals surface area contributed by atoms with Gasteiger partial charge in [-0.1, -0.05) is 6.07 Å². The van der Waals surface area contributed by atoms with Crippen molar-refractivity contribution in [3.05, 3.63) is 64.3 Å². The molecule has 3 aromatic rings. The van der Waals surface area contributed by atoms with Crippen LogP contribution >= 0.6 is 0 Å². The molecule has 4 nitrogen and oxygen atoms in total. The summed E-state index contributed by atoms with van der Waals surface area (Å²) < 4.78 is 30.6. The van der Waals surface area contributed by atoms with Crippen LogP contribution in [0.3, 0.4) is 0 Å². The number of nitrogens with one attached hydrogen (secondary N) is 1. The van der Waals surface area contributed by atoms with E-state index in [-0.39, 0.29) is 5.75 Å². The Bertz CT molecular complexity index is 1020. The standard InChI is InChI=1S/C20H17F2N3O/c1-12-6-18(26-20(21)22)17(16-4-5-24-19(12)16)11-25-9-14-3-2-13(8-23)7-15(14)10-25/h2-7,20,24H,9-11H2,1H3. The van der Waals surface area contributed by atoms with Crippen LogP contribution in [-0.4, -0.2) is 16.5 Å². The Kier molecular flexibility index (Phi) is 4.09. The van der Waals surface area contributed by atoms with Gasteiger partial charge in [-0.3, -0.25) is 4.90 Å². The Balaban J connectivity index is 1.68. The molecule has 1 N–H and O–H groups in total. The molecule has 0 saturated carbocycles.